The standard InChI is InChI=1S/C16H26N2O/c1-13(2)9-17-10-15-5-6-16(18-11-15)12-19-8-7-14-3-4-14/h5-6,11,13-14,17H,3-4,7-10,12H2,1-2H3. The lowest BCUT2D eigenvalue weighted by atomic mass is 10.2. The molecule has 0 atom stereocenters. The van der Waals surface area contributed by atoms with Crippen LogP contribution in [0.5, 0.6) is 0 Å². The second kappa shape index (κ2) is 7.61. The molecule has 1 aromatic heterocycles. The fourth-order valence-corrected chi connectivity index (χ4v) is 1.98. The molecule has 0 amide bonds. The van der Waals surface area contributed by atoms with Gasteiger partial charge in [-0.05, 0) is 36.4 Å². The molecule has 3 heteroatoms. The van der Waals surface area contributed by atoms with Crippen molar-refractivity contribution in [3.05, 3.63) is 29.6 Å². The third-order valence-corrected chi connectivity index (χ3v) is 3.39. The smallest absolute Gasteiger partial charge is 0.0887 e. The van der Waals surface area contributed by atoms with E-state index in [0.29, 0.717) is 12.5 Å². The second-order valence-electron chi connectivity index (χ2n) is 5.97. The maximum absolute atomic E-state index is 5.64. The molecule has 1 heterocycles. The third-order valence-electron chi connectivity index (χ3n) is 3.39. The van der Waals surface area contributed by atoms with E-state index < -0.39 is 0 Å². The summed E-state index contributed by atoms with van der Waals surface area (Å²) in [6, 6.07) is 4.21. The normalized spacial score (nSPS) is 15.1. The Morgan fingerprint density at radius 2 is 2.21 bits per heavy atom. The molecule has 0 radical (unpaired) electrons. The summed E-state index contributed by atoms with van der Waals surface area (Å²) in [5.74, 6) is 1.63. The summed E-state index contributed by atoms with van der Waals surface area (Å²) in [5.41, 5.74) is 2.27. The fourth-order valence-electron chi connectivity index (χ4n) is 1.98. The molecule has 1 N–H and O–H groups in total. The Hall–Kier alpha value is -0.930. The van der Waals surface area contributed by atoms with E-state index >= 15 is 0 Å². The van der Waals surface area contributed by atoms with Crippen LogP contribution in [0.4, 0.5) is 0 Å². The van der Waals surface area contributed by atoms with E-state index in [9.17, 15) is 0 Å². The minimum atomic E-state index is 0.645. The Morgan fingerprint density at radius 3 is 2.84 bits per heavy atom. The molecule has 1 saturated carbocycles. The summed E-state index contributed by atoms with van der Waals surface area (Å²) in [6.45, 7) is 7.90. The van der Waals surface area contributed by atoms with Gasteiger partial charge < -0.3 is 10.1 Å². The summed E-state index contributed by atoms with van der Waals surface area (Å²) in [6.07, 6.45) is 5.98. The Labute approximate surface area is 116 Å². The van der Waals surface area contributed by atoms with Crippen molar-refractivity contribution in [3.8, 4) is 0 Å². The maximum Gasteiger partial charge on any atom is 0.0887 e. The van der Waals surface area contributed by atoms with E-state index in [1.54, 1.807) is 0 Å². The van der Waals surface area contributed by atoms with Crippen LogP contribution >= 0.6 is 0 Å². The Balaban J connectivity index is 1.62. The van der Waals surface area contributed by atoms with Gasteiger partial charge in [0.25, 0.3) is 0 Å². The zero-order valence-electron chi connectivity index (χ0n) is 12.2. The topological polar surface area (TPSA) is 34.1 Å². The van der Waals surface area contributed by atoms with Crippen molar-refractivity contribution in [1.82, 2.24) is 10.3 Å². The van der Waals surface area contributed by atoms with Crippen LogP contribution < -0.4 is 5.32 Å². The van der Waals surface area contributed by atoms with Gasteiger partial charge >= 0.3 is 0 Å². The van der Waals surface area contributed by atoms with Crippen molar-refractivity contribution in [2.24, 2.45) is 11.8 Å². The van der Waals surface area contributed by atoms with Gasteiger partial charge in [-0.15, -0.1) is 0 Å². The largest absolute Gasteiger partial charge is 0.375 e. The molecule has 0 aromatic carbocycles. The first-order chi connectivity index (χ1) is 9.24. The van der Waals surface area contributed by atoms with E-state index in [1.165, 1.54) is 24.8 Å². The van der Waals surface area contributed by atoms with Gasteiger partial charge in [0.1, 0.15) is 0 Å². The van der Waals surface area contributed by atoms with Crippen LogP contribution in [0.3, 0.4) is 0 Å². The van der Waals surface area contributed by atoms with Crippen LogP contribution in [0, 0.1) is 11.8 Å². The van der Waals surface area contributed by atoms with E-state index in [2.05, 4.69) is 36.3 Å². The van der Waals surface area contributed by atoms with E-state index in [4.69, 9.17) is 4.74 Å². The monoisotopic (exact) mass is 262 g/mol. The summed E-state index contributed by atoms with van der Waals surface area (Å²) in [5, 5.41) is 3.42. The van der Waals surface area contributed by atoms with Crippen LogP contribution in [0.15, 0.2) is 18.3 Å². The van der Waals surface area contributed by atoms with Crippen LogP contribution in [-0.4, -0.2) is 18.1 Å². The summed E-state index contributed by atoms with van der Waals surface area (Å²) >= 11 is 0. The van der Waals surface area contributed by atoms with Gasteiger partial charge in [0.15, 0.2) is 0 Å². The molecule has 1 aliphatic carbocycles. The Morgan fingerprint density at radius 1 is 1.37 bits per heavy atom. The summed E-state index contributed by atoms with van der Waals surface area (Å²) < 4.78 is 5.64. The van der Waals surface area contributed by atoms with Crippen molar-refractivity contribution in [2.45, 2.75) is 46.3 Å². The second-order valence-corrected chi connectivity index (χ2v) is 5.97. The van der Waals surface area contributed by atoms with Crippen molar-refractivity contribution in [3.63, 3.8) is 0 Å². The Kier molecular flexibility index (Phi) is 5.80. The molecule has 106 valence electrons. The molecule has 1 aliphatic rings. The molecule has 1 fully saturated rings. The molecule has 1 aromatic rings. The van der Waals surface area contributed by atoms with Crippen molar-refractivity contribution in [2.75, 3.05) is 13.2 Å². The average Bonchev–Trinajstić information content (AvgIpc) is 3.20. The zero-order chi connectivity index (χ0) is 13.5. The zero-order valence-corrected chi connectivity index (χ0v) is 12.2. The SMILES string of the molecule is CC(C)CNCc1ccc(COCCC2CC2)nc1. The van der Waals surface area contributed by atoms with Crippen LogP contribution in [0.1, 0.15) is 44.4 Å². The first kappa shape index (κ1) is 14.5. The highest BCUT2D eigenvalue weighted by Crippen LogP contribution is 2.32. The van der Waals surface area contributed by atoms with Gasteiger partial charge in [0.2, 0.25) is 0 Å². The van der Waals surface area contributed by atoms with Crippen LogP contribution in [0.25, 0.3) is 0 Å². The van der Waals surface area contributed by atoms with Gasteiger partial charge in [-0.3, -0.25) is 4.98 Å². The van der Waals surface area contributed by atoms with Gasteiger partial charge in [-0.2, -0.15) is 0 Å². The van der Waals surface area contributed by atoms with Gasteiger partial charge in [-0.1, -0.05) is 32.8 Å². The molecular formula is C16H26N2O. The number of nitrogens with one attached hydrogen (secondary N) is 1. The Bertz CT molecular complexity index is 358. The predicted molar refractivity (Wildman–Crippen MR) is 77.8 cm³/mol. The molecule has 19 heavy (non-hydrogen) atoms. The number of hydrogen-bond donors (Lipinski definition) is 1. The van der Waals surface area contributed by atoms with Gasteiger partial charge in [-0.25, -0.2) is 0 Å². The molecule has 0 spiro atoms. The number of nitrogens with zero attached hydrogens (tertiary/aromatic N) is 1. The molecule has 0 saturated heterocycles. The van der Waals surface area contributed by atoms with E-state index in [1.807, 2.05) is 6.20 Å². The first-order valence-corrected chi connectivity index (χ1v) is 7.46. The quantitative estimate of drug-likeness (QED) is 0.694. The molecule has 0 bridgehead atoms. The van der Waals surface area contributed by atoms with Gasteiger partial charge in [0.05, 0.1) is 12.3 Å². The van der Waals surface area contributed by atoms with Crippen molar-refractivity contribution < 1.29 is 4.74 Å². The number of pyridine rings is 1. The molecule has 0 aliphatic heterocycles. The number of hydrogen-bond acceptors (Lipinski definition) is 3. The molecular weight excluding hydrogens is 236 g/mol. The molecule has 2 rings (SSSR count). The van der Waals surface area contributed by atoms with E-state index in [-0.39, 0.29) is 0 Å². The first-order valence-electron chi connectivity index (χ1n) is 7.46. The lowest BCUT2D eigenvalue weighted by Crippen LogP contribution is -2.19. The van der Waals surface area contributed by atoms with Gasteiger partial charge in [0, 0.05) is 19.3 Å². The van der Waals surface area contributed by atoms with Crippen LogP contribution in [0.2, 0.25) is 0 Å². The van der Waals surface area contributed by atoms with Crippen molar-refractivity contribution in [1.29, 1.82) is 0 Å². The third kappa shape index (κ3) is 6.17. The predicted octanol–water partition coefficient (Wildman–Crippen LogP) is 3.14. The average molecular weight is 262 g/mol. The maximum atomic E-state index is 5.64. The minimum Gasteiger partial charge on any atom is -0.375 e. The highest BCUT2D eigenvalue weighted by Gasteiger charge is 2.20. The lowest BCUT2D eigenvalue weighted by Gasteiger charge is -2.08. The summed E-state index contributed by atoms with van der Waals surface area (Å²) in [4.78, 5) is 4.44. The highest BCUT2D eigenvalue weighted by molar-refractivity contribution is 5.13. The lowest BCUT2D eigenvalue weighted by molar-refractivity contribution is 0.112. The fraction of sp³-hybridized carbons (Fsp3) is 0.688. The number of aromatic nitrogens is 1. The summed E-state index contributed by atoms with van der Waals surface area (Å²) in [7, 11) is 0. The van der Waals surface area contributed by atoms with E-state index in [0.717, 1.165) is 31.3 Å². The van der Waals surface area contributed by atoms with Crippen molar-refractivity contribution >= 4 is 0 Å². The van der Waals surface area contributed by atoms with Crippen LogP contribution in [-0.2, 0) is 17.9 Å². The molecule has 3 nitrogen and oxygen atoms in total. The molecule has 0 unspecified atom stereocenters. The minimum absolute atomic E-state index is 0.645. The number of rotatable bonds is 9. The number of ether oxygens (including phenoxy) is 1. The highest BCUT2D eigenvalue weighted by atomic mass is 16.5.